The summed E-state index contributed by atoms with van der Waals surface area (Å²) in [5.41, 5.74) is 2.56. The van der Waals surface area contributed by atoms with Crippen molar-refractivity contribution in [2.45, 2.75) is 57.3 Å². The number of aromatic hydroxyl groups is 1. The fraction of sp³-hybridized carbons (Fsp3) is 0.409. The van der Waals surface area contributed by atoms with E-state index in [0.717, 1.165) is 42.4 Å². The number of hydrogen-bond acceptors (Lipinski definition) is 2. The van der Waals surface area contributed by atoms with E-state index in [2.05, 4.69) is 26.0 Å². The van der Waals surface area contributed by atoms with Gasteiger partial charge in [-0.2, -0.15) is 0 Å². The van der Waals surface area contributed by atoms with Gasteiger partial charge < -0.3 is 10.2 Å². The van der Waals surface area contributed by atoms with Crippen LogP contribution in [0.15, 0.2) is 42.5 Å². The first-order valence-corrected chi connectivity index (χ1v) is 9.07. The standard InChI is InChI=1S/C22H26O3.Zn/c1-22(2,16-11-7-4-8-12-16)17-13-18(15-9-5-3-6-10-15)20(23)19(14-17)21(24)25;/h4,7-8,11-15,23H,3,5-6,9-10H2,1-2H3,(H,24,25);. The summed E-state index contributed by atoms with van der Waals surface area (Å²) in [6.07, 6.45) is 5.53. The van der Waals surface area contributed by atoms with Gasteiger partial charge in [0.2, 0.25) is 0 Å². The summed E-state index contributed by atoms with van der Waals surface area (Å²) in [5.74, 6) is -0.870. The van der Waals surface area contributed by atoms with Crippen molar-refractivity contribution < 1.29 is 34.5 Å². The first-order chi connectivity index (χ1) is 11.9. The van der Waals surface area contributed by atoms with Crippen LogP contribution in [-0.2, 0) is 24.9 Å². The van der Waals surface area contributed by atoms with Crippen molar-refractivity contribution in [2.75, 3.05) is 0 Å². The zero-order chi connectivity index (χ0) is 18.0. The molecule has 0 aliphatic heterocycles. The minimum Gasteiger partial charge on any atom is -0.507 e. The summed E-state index contributed by atoms with van der Waals surface area (Å²) >= 11 is 0. The van der Waals surface area contributed by atoms with E-state index in [-0.39, 0.29) is 42.1 Å². The molecule has 0 spiro atoms. The topological polar surface area (TPSA) is 57.5 Å². The molecule has 3 rings (SSSR count). The minimum atomic E-state index is -1.07. The summed E-state index contributed by atoms with van der Waals surface area (Å²) < 4.78 is 0. The smallest absolute Gasteiger partial charge is 0.339 e. The molecule has 2 aromatic carbocycles. The quantitative estimate of drug-likeness (QED) is 0.666. The number of benzene rings is 2. The number of hydrogen-bond donors (Lipinski definition) is 2. The van der Waals surface area contributed by atoms with Crippen LogP contribution >= 0.6 is 0 Å². The Morgan fingerprint density at radius 1 is 1.00 bits per heavy atom. The molecule has 0 heterocycles. The number of carboxylic acids is 1. The Labute approximate surface area is 168 Å². The largest absolute Gasteiger partial charge is 0.507 e. The summed E-state index contributed by atoms with van der Waals surface area (Å²) in [4.78, 5) is 11.7. The molecule has 3 nitrogen and oxygen atoms in total. The van der Waals surface area contributed by atoms with Crippen molar-refractivity contribution in [3.05, 3.63) is 64.7 Å². The van der Waals surface area contributed by atoms with E-state index in [1.165, 1.54) is 6.42 Å². The average molecular weight is 404 g/mol. The Hall–Kier alpha value is -1.67. The van der Waals surface area contributed by atoms with Gasteiger partial charge in [0, 0.05) is 24.9 Å². The molecule has 134 valence electrons. The molecule has 2 aromatic rings. The molecule has 2 N–H and O–H groups in total. The van der Waals surface area contributed by atoms with E-state index in [1.54, 1.807) is 6.07 Å². The van der Waals surface area contributed by atoms with E-state index in [4.69, 9.17) is 0 Å². The second kappa shape index (κ2) is 8.35. The van der Waals surface area contributed by atoms with Crippen LogP contribution in [-0.4, -0.2) is 16.2 Å². The Balaban J connectivity index is 0.00000243. The summed E-state index contributed by atoms with van der Waals surface area (Å²) in [6.45, 7) is 4.20. The Bertz CT molecular complexity index is 762. The van der Waals surface area contributed by atoms with Crippen LogP contribution in [0.3, 0.4) is 0 Å². The van der Waals surface area contributed by atoms with Crippen molar-refractivity contribution in [2.24, 2.45) is 0 Å². The van der Waals surface area contributed by atoms with Crippen molar-refractivity contribution in [1.82, 2.24) is 0 Å². The van der Waals surface area contributed by atoms with Crippen LogP contribution in [0.25, 0.3) is 0 Å². The molecule has 0 aromatic heterocycles. The number of carbonyl (C=O) groups is 1. The van der Waals surface area contributed by atoms with Gasteiger partial charge in [-0.3, -0.25) is 0 Å². The first-order valence-electron chi connectivity index (χ1n) is 9.07. The van der Waals surface area contributed by atoms with E-state index in [0.29, 0.717) is 0 Å². The fourth-order valence-electron chi connectivity index (χ4n) is 3.93. The van der Waals surface area contributed by atoms with Gasteiger partial charge in [0.1, 0.15) is 11.3 Å². The second-order valence-corrected chi connectivity index (χ2v) is 7.59. The SMILES string of the molecule is CC(C)(c1ccccc1)c1cc(C(=O)O)c(O)c(C2CCCCC2)c1.[Zn]. The van der Waals surface area contributed by atoms with Crippen LogP contribution in [0, 0.1) is 0 Å². The third-order valence-corrected chi connectivity index (χ3v) is 5.63. The number of aromatic carboxylic acids is 1. The molecule has 1 aliphatic rings. The molecular weight excluding hydrogens is 378 g/mol. The summed E-state index contributed by atoms with van der Waals surface area (Å²) in [7, 11) is 0. The maximum Gasteiger partial charge on any atom is 0.339 e. The molecule has 0 atom stereocenters. The van der Waals surface area contributed by atoms with E-state index in [9.17, 15) is 15.0 Å². The molecule has 0 bridgehead atoms. The van der Waals surface area contributed by atoms with Gasteiger partial charge in [0.25, 0.3) is 0 Å². The molecule has 0 saturated heterocycles. The number of phenols is 1. The molecular formula is C22H26O3Zn. The van der Waals surface area contributed by atoms with Gasteiger partial charge in [-0.05, 0) is 41.5 Å². The molecule has 1 aliphatic carbocycles. The van der Waals surface area contributed by atoms with Crippen LogP contribution in [0.1, 0.15) is 78.9 Å². The predicted octanol–water partition coefficient (Wildman–Crippen LogP) is 5.46. The third kappa shape index (κ3) is 4.01. The second-order valence-electron chi connectivity index (χ2n) is 7.59. The first kappa shape index (κ1) is 20.6. The van der Waals surface area contributed by atoms with Gasteiger partial charge in [0.05, 0.1) is 0 Å². The molecule has 1 fully saturated rings. The van der Waals surface area contributed by atoms with Gasteiger partial charge in [0.15, 0.2) is 0 Å². The number of rotatable bonds is 4. The zero-order valence-electron chi connectivity index (χ0n) is 15.7. The van der Waals surface area contributed by atoms with Crippen LogP contribution in [0.4, 0.5) is 0 Å². The average Bonchev–Trinajstić information content (AvgIpc) is 2.63. The van der Waals surface area contributed by atoms with Crippen molar-refractivity contribution in [1.29, 1.82) is 0 Å². The van der Waals surface area contributed by atoms with Crippen LogP contribution in [0.2, 0.25) is 0 Å². The maximum absolute atomic E-state index is 11.7. The Morgan fingerprint density at radius 2 is 1.62 bits per heavy atom. The van der Waals surface area contributed by atoms with Crippen molar-refractivity contribution >= 4 is 5.97 Å². The van der Waals surface area contributed by atoms with Crippen molar-refractivity contribution in [3.8, 4) is 5.75 Å². The third-order valence-electron chi connectivity index (χ3n) is 5.63. The van der Waals surface area contributed by atoms with E-state index in [1.807, 2.05) is 24.3 Å². The number of carboxylic acid groups (broad SMARTS) is 1. The molecule has 1 saturated carbocycles. The molecule has 26 heavy (non-hydrogen) atoms. The summed E-state index contributed by atoms with van der Waals surface area (Å²) in [5, 5.41) is 20.2. The van der Waals surface area contributed by atoms with Crippen molar-refractivity contribution in [3.63, 3.8) is 0 Å². The van der Waals surface area contributed by atoms with E-state index >= 15 is 0 Å². The molecule has 0 unspecified atom stereocenters. The van der Waals surface area contributed by atoms with E-state index < -0.39 is 5.97 Å². The summed E-state index contributed by atoms with van der Waals surface area (Å²) in [6, 6.07) is 13.8. The van der Waals surface area contributed by atoms with Crippen LogP contribution < -0.4 is 0 Å². The molecule has 0 amide bonds. The fourth-order valence-corrected chi connectivity index (χ4v) is 3.93. The van der Waals surface area contributed by atoms with Gasteiger partial charge in [-0.25, -0.2) is 4.79 Å². The van der Waals surface area contributed by atoms with Gasteiger partial charge >= 0.3 is 5.97 Å². The monoisotopic (exact) mass is 402 g/mol. The minimum absolute atomic E-state index is 0. The molecule has 0 radical (unpaired) electrons. The zero-order valence-corrected chi connectivity index (χ0v) is 18.6. The van der Waals surface area contributed by atoms with Gasteiger partial charge in [-0.15, -0.1) is 0 Å². The normalized spacial score (nSPS) is 15.3. The Kier molecular flexibility index (Phi) is 6.63. The predicted molar refractivity (Wildman–Crippen MR) is 99.5 cm³/mol. The molecule has 4 heteroatoms. The van der Waals surface area contributed by atoms with Gasteiger partial charge in [-0.1, -0.05) is 69.5 Å². The maximum atomic E-state index is 11.7. The Morgan fingerprint density at radius 3 is 2.19 bits per heavy atom. The van der Waals surface area contributed by atoms with Crippen LogP contribution in [0.5, 0.6) is 5.75 Å².